The van der Waals surface area contributed by atoms with Gasteiger partial charge in [0.15, 0.2) is 6.61 Å². The van der Waals surface area contributed by atoms with Crippen molar-refractivity contribution >= 4 is 40.0 Å². The molecule has 1 aromatic rings. The lowest BCUT2D eigenvalue weighted by Gasteiger charge is -2.09. The van der Waals surface area contributed by atoms with Gasteiger partial charge in [-0.1, -0.05) is 6.92 Å². The number of carbonyl (C=O) groups is 4. The fourth-order valence-electron chi connectivity index (χ4n) is 2.28. The number of esters is 1. The van der Waals surface area contributed by atoms with Crippen molar-refractivity contribution in [3.8, 4) is 0 Å². The number of thiophene rings is 1. The summed E-state index contributed by atoms with van der Waals surface area (Å²) in [6.45, 7) is 5.42. The van der Waals surface area contributed by atoms with Gasteiger partial charge in [-0.2, -0.15) is 0 Å². The molecule has 148 valence electrons. The average Bonchev–Trinajstić information content (AvgIpc) is 3.44. The van der Waals surface area contributed by atoms with Crippen molar-refractivity contribution in [1.82, 2.24) is 10.6 Å². The second-order valence-corrected chi connectivity index (χ2v) is 7.68. The van der Waals surface area contributed by atoms with E-state index in [0.29, 0.717) is 11.5 Å². The highest BCUT2D eigenvalue weighted by molar-refractivity contribution is 7.16. The largest absolute Gasteiger partial charge is 0.452 e. The lowest BCUT2D eigenvalue weighted by atomic mass is 10.1. The summed E-state index contributed by atoms with van der Waals surface area (Å²) in [7, 11) is 0. The molecular formula is C18H25N3O5S. The molecule has 3 amide bonds. The van der Waals surface area contributed by atoms with Gasteiger partial charge in [0.1, 0.15) is 5.00 Å². The molecule has 1 saturated carbocycles. The standard InChI is InChI=1S/C18H25N3O5S/c1-4-7-19-13(22)8-20-14(23)9-26-18(25)15-10(2)11(3)27-17(15)21-16(24)12-5-6-12/h12H,4-9H2,1-3H3,(H,19,22)(H,20,23)(H,21,24). The molecule has 0 atom stereocenters. The van der Waals surface area contributed by atoms with Crippen molar-refractivity contribution in [2.45, 2.75) is 40.0 Å². The first-order valence-electron chi connectivity index (χ1n) is 8.94. The number of amides is 3. The van der Waals surface area contributed by atoms with Crippen LogP contribution in [0.15, 0.2) is 0 Å². The Morgan fingerprint density at radius 1 is 1.11 bits per heavy atom. The number of nitrogens with one attached hydrogen (secondary N) is 3. The zero-order valence-corrected chi connectivity index (χ0v) is 16.6. The smallest absolute Gasteiger partial charge is 0.341 e. The van der Waals surface area contributed by atoms with E-state index in [1.54, 1.807) is 6.92 Å². The van der Waals surface area contributed by atoms with Crippen LogP contribution in [0.25, 0.3) is 0 Å². The summed E-state index contributed by atoms with van der Waals surface area (Å²) in [4.78, 5) is 48.5. The van der Waals surface area contributed by atoms with E-state index in [9.17, 15) is 19.2 Å². The van der Waals surface area contributed by atoms with E-state index < -0.39 is 18.5 Å². The Balaban J connectivity index is 1.88. The van der Waals surface area contributed by atoms with Gasteiger partial charge in [-0.25, -0.2) is 4.79 Å². The highest BCUT2D eigenvalue weighted by Gasteiger charge is 2.31. The third-order valence-electron chi connectivity index (χ3n) is 4.13. The van der Waals surface area contributed by atoms with Gasteiger partial charge in [-0.15, -0.1) is 11.3 Å². The average molecular weight is 395 g/mol. The number of hydrogen-bond acceptors (Lipinski definition) is 6. The topological polar surface area (TPSA) is 114 Å². The molecule has 0 spiro atoms. The molecular weight excluding hydrogens is 370 g/mol. The Morgan fingerprint density at radius 2 is 1.81 bits per heavy atom. The van der Waals surface area contributed by atoms with Crippen LogP contribution in [0.1, 0.15) is 47.0 Å². The second-order valence-electron chi connectivity index (χ2n) is 6.45. The van der Waals surface area contributed by atoms with E-state index in [4.69, 9.17) is 4.74 Å². The summed E-state index contributed by atoms with van der Waals surface area (Å²) < 4.78 is 5.07. The van der Waals surface area contributed by atoms with Crippen LogP contribution in [0.4, 0.5) is 5.00 Å². The molecule has 3 N–H and O–H groups in total. The van der Waals surface area contributed by atoms with Crippen molar-refractivity contribution in [1.29, 1.82) is 0 Å². The zero-order valence-electron chi connectivity index (χ0n) is 15.8. The van der Waals surface area contributed by atoms with E-state index in [2.05, 4.69) is 16.0 Å². The van der Waals surface area contributed by atoms with Crippen LogP contribution < -0.4 is 16.0 Å². The van der Waals surface area contributed by atoms with Gasteiger partial charge in [0.25, 0.3) is 5.91 Å². The number of carbonyl (C=O) groups excluding carboxylic acids is 4. The Labute approximate surface area is 162 Å². The van der Waals surface area contributed by atoms with Crippen LogP contribution in [-0.2, 0) is 19.1 Å². The van der Waals surface area contributed by atoms with E-state index >= 15 is 0 Å². The van der Waals surface area contributed by atoms with Gasteiger partial charge in [0.05, 0.1) is 12.1 Å². The van der Waals surface area contributed by atoms with Crippen LogP contribution in [0.5, 0.6) is 0 Å². The van der Waals surface area contributed by atoms with Gasteiger partial charge < -0.3 is 20.7 Å². The molecule has 1 aliphatic rings. The maximum absolute atomic E-state index is 12.4. The first-order chi connectivity index (χ1) is 12.8. The summed E-state index contributed by atoms with van der Waals surface area (Å²) in [5, 5.41) is 8.26. The van der Waals surface area contributed by atoms with Crippen LogP contribution in [0, 0.1) is 19.8 Å². The van der Waals surface area contributed by atoms with Gasteiger partial charge in [0, 0.05) is 17.3 Å². The Hall–Kier alpha value is -2.42. The van der Waals surface area contributed by atoms with Crippen molar-refractivity contribution < 1.29 is 23.9 Å². The molecule has 1 aliphatic carbocycles. The van der Waals surface area contributed by atoms with E-state index in [-0.39, 0.29) is 29.8 Å². The van der Waals surface area contributed by atoms with E-state index in [1.165, 1.54) is 11.3 Å². The molecule has 0 radical (unpaired) electrons. The van der Waals surface area contributed by atoms with Crippen LogP contribution in [0.3, 0.4) is 0 Å². The summed E-state index contributed by atoms with van der Waals surface area (Å²) in [5.41, 5.74) is 0.996. The third kappa shape index (κ3) is 6.06. The Bertz CT molecular complexity index is 740. The molecule has 2 rings (SSSR count). The molecule has 9 heteroatoms. The molecule has 0 bridgehead atoms. The summed E-state index contributed by atoms with van der Waals surface area (Å²) in [5.74, 6) is -1.62. The predicted molar refractivity (Wildman–Crippen MR) is 102 cm³/mol. The lowest BCUT2D eigenvalue weighted by Crippen LogP contribution is -2.39. The minimum absolute atomic E-state index is 0.0150. The fourth-order valence-corrected chi connectivity index (χ4v) is 3.33. The van der Waals surface area contributed by atoms with Gasteiger partial charge >= 0.3 is 5.97 Å². The van der Waals surface area contributed by atoms with Gasteiger partial charge in [-0.05, 0) is 38.7 Å². The summed E-state index contributed by atoms with van der Waals surface area (Å²) in [6, 6.07) is 0. The highest BCUT2D eigenvalue weighted by Crippen LogP contribution is 2.36. The Morgan fingerprint density at radius 3 is 2.44 bits per heavy atom. The predicted octanol–water partition coefficient (Wildman–Crippen LogP) is 1.51. The van der Waals surface area contributed by atoms with Crippen molar-refractivity contribution in [3.63, 3.8) is 0 Å². The molecule has 0 aromatic carbocycles. The number of anilines is 1. The van der Waals surface area contributed by atoms with E-state index in [0.717, 1.165) is 29.7 Å². The first kappa shape index (κ1) is 20.9. The minimum Gasteiger partial charge on any atom is -0.452 e. The molecule has 27 heavy (non-hydrogen) atoms. The quantitative estimate of drug-likeness (QED) is 0.549. The number of ether oxygens (including phenoxy) is 1. The maximum atomic E-state index is 12.4. The molecule has 1 aromatic heterocycles. The summed E-state index contributed by atoms with van der Waals surface area (Å²) in [6.07, 6.45) is 2.53. The summed E-state index contributed by atoms with van der Waals surface area (Å²) >= 11 is 1.31. The fraction of sp³-hybridized carbons (Fsp3) is 0.556. The Kier molecular flexibility index (Phi) is 7.35. The van der Waals surface area contributed by atoms with Gasteiger partial charge in [-0.3, -0.25) is 14.4 Å². The number of hydrogen-bond donors (Lipinski definition) is 3. The van der Waals surface area contributed by atoms with Crippen LogP contribution in [0.2, 0.25) is 0 Å². The van der Waals surface area contributed by atoms with E-state index in [1.807, 2.05) is 13.8 Å². The number of aryl methyl sites for hydroxylation is 1. The van der Waals surface area contributed by atoms with Crippen LogP contribution >= 0.6 is 11.3 Å². The third-order valence-corrected chi connectivity index (χ3v) is 5.25. The first-order valence-corrected chi connectivity index (χ1v) is 9.76. The van der Waals surface area contributed by atoms with Crippen LogP contribution in [-0.4, -0.2) is 43.4 Å². The second kappa shape index (κ2) is 9.50. The lowest BCUT2D eigenvalue weighted by molar-refractivity contribution is -0.127. The normalized spacial score (nSPS) is 13.0. The molecule has 1 fully saturated rings. The maximum Gasteiger partial charge on any atom is 0.341 e. The van der Waals surface area contributed by atoms with Crippen molar-refractivity contribution in [2.75, 3.05) is 25.0 Å². The van der Waals surface area contributed by atoms with Gasteiger partial charge in [0.2, 0.25) is 11.8 Å². The minimum atomic E-state index is -0.673. The SMILES string of the molecule is CCCNC(=O)CNC(=O)COC(=O)c1c(NC(=O)C2CC2)sc(C)c1C. The van der Waals surface area contributed by atoms with Crippen molar-refractivity contribution in [3.05, 3.63) is 16.0 Å². The molecule has 0 unspecified atom stereocenters. The van der Waals surface area contributed by atoms with Crippen molar-refractivity contribution in [2.24, 2.45) is 5.92 Å². The number of rotatable bonds is 9. The highest BCUT2D eigenvalue weighted by atomic mass is 32.1. The zero-order chi connectivity index (χ0) is 20.0. The molecule has 8 nitrogen and oxygen atoms in total. The molecule has 0 saturated heterocycles. The molecule has 1 heterocycles. The monoisotopic (exact) mass is 395 g/mol. The molecule has 0 aliphatic heterocycles.